The summed E-state index contributed by atoms with van der Waals surface area (Å²) in [5.41, 5.74) is 3.20. The Morgan fingerprint density at radius 2 is 2.00 bits per heavy atom. The molecule has 2 aliphatic rings. The van der Waals surface area contributed by atoms with E-state index in [-0.39, 0.29) is 0 Å². The van der Waals surface area contributed by atoms with Gasteiger partial charge in [0, 0.05) is 18.0 Å². The van der Waals surface area contributed by atoms with Crippen LogP contribution in [0, 0.1) is 5.41 Å². The van der Waals surface area contributed by atoms with Crippen molar-refractivity contribution < 1.29 is 4.74 Å². The molecular weight excluding hydrogens is 272 g/mol. The number of piperidine rings is 1. The second-order valence-corrected chi connectivity index (χ2v) is 7.59. The van der Waals surface area contributed by atoms with Gasteiger partial charge in [0.25, 0.3) is 0 Å². The molecule has 1 aromatic rings. The van der Waals surface area contributed by atoms with Crippen molar-refractivity contribution in [1.82, 2.24) is 10.2 Å². The number of nitrogens with zero attached hydrogens (tertiary/aromatic N) is 1. The lowest BCUT2D eigenvalue weighted by molar-refractivity contribution is 0.0553. The molecule has 0 saturated carbocycles. The normalized spacial score (nSPS) is 21.6. The zero-order valence-corrected chi connectivity index (χ0v) is 14.3. The highest BCUT2D eigenvalue weighted by atomic mass is 16.5. The summed E-state index contributed by atoms with van der Waals surface area (Å²) in [5, 5.41) is 3.42. The van der Waals surface area contributed by atoms with Crippen LogP contribution in [0.2, 0.25) is 0 Å². The Kier molecular flexibility index (Phi) is 4.74. The molecule has 2 aliphatic heterocycles. The molecule has 0 aliphatic carbocycles. The molecule has 1 fully saturated rings. The fourth-order valence-electron chi connectivity index (χ4n) is 3.53. The van der Waals surface area contributed by atoms with Crippen LogP contribution in [0.5, 0.6) is 5.75 Å². The molecular formula is C19H30N2O. The summed E-state index contributed by atoms with van der Waals surface area (Å²) >= 11 is 0. The van der Waals surface area contributed by atoms with Gasteiger partial charge >= 0.3 is 0 Å². The predicted octanol–water partition coefficient (Wildman–Crippen LogP) is 3.22. The molecule has 3 heteroatoms. The second-order valence-electron chi connectivity index (χ2n) is 7.59. The van der Waals surface area contributed by atoms with Gasteiger partial charge in [-0.3, -0.25) is 0 Å². The van der Waals surface area contributed by atoms with Crippen LogP contribution in [0.3, 0.4) is 0 Å². The highest BCUT2D eigenvalue weighted by Crippen LogP contribution is 2.32. The van der Waals surface area contributed by atoms with E-state index in [9.17, 15) is 0 Å². The molecule has 0 amide bonds. The van der Waals surface area contributed by atoms with E-state index in [2.05, 4.69) is 49.2 Å². The number of hydrogen-bond acceptors (Lipinski definition) is 3. The molecule has 1 aromatic carbocycles. The third kappa shape index (κ3) is 3.64. The average molecular weight is 302 g/mol. The van der Waals surface area contributed by atoms with Gasteiger partial charge in [-0.05, 0) is 76.0 Å². The zero-order chi connectivity index (χ0) is 15.6. The van der Waals surface area contributed by atoms with E-state index in [4.69, 9.17) is 4.74 Å². The molecule has 3 rings (SSSR count). The summed E-state index contributed by atoms with van der Waals surface area (Å²) in [6.45, 7) is 12.3. The van der Waals surface area contributed by atoms with E-state index in [1.165, 1.54) is 37.1 Å². The summed E-state index contributed by atoms with van der Waals surface area (Å²) in [4.78, 5) is 2.58. The first kappa shape index (κ1) is 15.8. The summed E-state index contributed by atoms with van der Waals surface area (Å²) in [6, 6.07) is 7.28. The van der Waals surface area contributed by atoms with Gasteiger partial charge in [0.15, 0.2) is 0 Å². The van der Waals surface area contributed by atoms with Gasteiger partial charge in [-0.25, -0.2) is 0 Å². The smallest absolute Gasteiger partial charge is 0.119 e. The lowest BCUT2D eigenvalue weighted by Gasteiger charge is -2.40. The maximum Gasteiger partial charge on any atom is 0.119 e. The number of rotatable bonds is 4. The maximum atomic E-state index is 6.17. The predicted molar refractivity (Wildman–Crippen MR) is 91.4 cm³/mol. The van der Waals surface area contributed by atoms with Crippen molar-refractivity contribution in [3.8, 4) is 5.75 Å². The minimum atomic E-state index is 0.322. The number of likely N-dealkylation sites (tertiary alicyclic amines) is 1. The van der Waals surface area contributed by atoms with Gasteiger partial charge in [0.05, 0.1) is 6.61 Å². The Balaban J connectivity index is 1.56. The van der Waals surface area contributed by atoms with Crippen molar-refractivity contribution in [2.24, 2.45) is 5.41 Å². The number of benzene rings is 1. The number of nitrogens with one attached hydrogen (secondary N) is 1. The van der Waals surface area contributed by atoms with Crippen LogP contribution >= 0.6 is 0 Å². The second kappa shape index (κ2) is 6.59. The summed E-state index contributed by atoms with van der Waals surface area (Å²) in [7, 11) is 0. The van der Waals surface area contributed by atoms with Crippen molar-refractivity contribution in [3.05, 3.63) is 29.3 Å². The van der Waals surface area contributed by atoms with Crippen molar-refractivity contribution in [3.63, 3.8) is 0 Å². The third-order valence-corrected chi connectivity index (χ3v) is 5.39. The van der Waals surface area contributed by atoms with Crippen molar-refractivity contribution in [2.45, 2.75) is 52.6 Å². The first-order valence-corrected chi connectivity index (χ1v) is 8.75. The lowest BCUT2D eigenvalue weighted by Crippen LogP contribution is -2.44. The Bertz CT molecular complexity index is 504. The quantitative estimate of drug-likeness (QED) is 0.924. The van der Waals surface area contributed by atoms with Crippen LogP contribution in [0.4, 0.5) is 0 Å². The van der Waals surface area contributed by atoms with Crippen LogP contribution in [-0.2, 0) is 13.0 Å². The standard InChI is InChI=1S/C19H30N2O/c1-15(2)21-10-7-19(3,8-11-21)14-22-18-5-4-17-13-20-9-6-16(17)12-18/h4-5,12,15,20H,6-11,13-14H2,1-3H3. The Morgan fingerprint density at radius 3 is 2.73 bits per heavy atom. The largest absolute Gasteiger partial charge is 0.493 e. The SMILES string of the molecule is CC(C)N1CCC(C)(COc2ccc3c(c2)CCNC3)CC1. The van der Waals surface area contributed by atoms with Gasteiger partial charge in [-0.1, -0.05) is 13.0 Å². The average Bonchev–Trinajstić information content (AvgIpc) is 2.53. The molecule has 0 aromatic heterocycles. The zero-order valence-electron chi connectivity index (χ0n) is 14.3. The Hall–Kier alpha value is -1.06. The highest BCUT2D eigenvalue weighted by Gasteiger charge is 2.31. The molecule has 0 bridgehead atoms. The fourth-order valence-corrected chi connectivity index (χ4v) is 3.53. The summed E-state index contributed by atoms with van der Waals surface area (Å²) in [5.74, 6) is 1.05. The molecule has 0 unspecified atom stereocenters. The maximum absolute atomic E-state index is 6.17. The van der Waals surface area contributed by atoms with Gasteiger partial charge in [-0.2, -0.15) is 0 Å². The molecule has 3 nitrogen and oxygen atoms in total. The van der Waals surface area contributed by atoms with Gasteiger partial charge in [0.2, 0.25) is 0 Å². The summed E-state index contributed by atoms with van der Waals surface area (Å²) < 4.78 is 6.17. The molecule has 1 N–H and O–H groups in total. The van der Waals surface area contributed by atoms with E-state index in [1.54, 1.807) is 0 Å². The van der Waals surface area contributed by atoms with Crippen LogP contribution < -0.4 is 10.1 Å². The van der Waals surface area contributed by atoms with Crippen LogP contribution in [-0.4, -0.2) is 37.2 Å². The topological polar surface area (TPSA) is 24.5 Å². The van der Waals surface area contributed by atoms with E-state index >= 15 is 0 Å². The monoisotopic (exact) mass is 302 g/mol. The number of hydrogen-bond donors (Lipinski definition) is 1. The molecule has 22 heavy (non-hydrogen) atoms. The molecule has 0 atom stereocenters. The third-order valence-electron chi connectivity index (χ3n) is 5.39. The Labute approximate surface area is 135 Å². The fraction of sp³-hybridized carbons (Fsp3) is 0.684. The first-order valence-electron chi connectivity index (χ1n) is 8.75. The van der Waals surface area contributed by atoms with Crippen molar-refractivity contribution >= 4 is 0 Å². The lowest BCUT2D eigenvalue weighted by atomic mass is 9.81. The number of fused-ring (bicyclic) bond motifs is 1. The van der Waals surface area contributed by atoms with Crippen molar-refractivity contribution in [2.75, 3.05) is 26.2 Å². The summed E-state index contributed by atoms with van der Waals surface area (Å²) in [6.07, 6.45) is 3.59. The molecule has 1 saturated heterocycles. The highest BCUT2D eigenvalue weighted by molar-refractivity contribution is 5.37. The molecule has 122 valence electrons. The van der Waals surface area contributed by atoms with Gasteiger partial charge in [0.1, 0.15) is 5.75 Å². The van der Waals surface area contributed by atoms with Crippen molar-refractivity contribution in [1.29, 1.82) is 0 Å². The molecule has 0 radical (unpaired) electrons. The van der Waals surface area contributed by atoms with E-state index in [0.717, 1.165) is 31.9 Å². The molecule has 0 spiro atoms. The van der Waals surface area contributed by atoms with Crippen LogP contribution in [0.25, 0.3) is 0 Å². The molecule has 2 heterocycles. The number of ether oxygens (including phenoxy) is 1. The van der Waals surface area contributed by atoms with E-state index < -0.39 is 0 Å². The van der Waals surface area contributed by atoms with Crippen LogP contribution in [0.15, 0.2) is 18.2 Å². The minimum Gasteiger partial charge on any atom is -0.493 e. The minimum absolute atomic E-state index is 0.322. The Morgan fingerprint density at radius 1 is 1.23 bits per heavy atom. The van der Waals surface area contributed by atoms with Gasteiger partial charge < -0.3 is 15.0 Å². The van der Waals surface area contributed by atoms with E-state index in [1.807, 2.05) is 0 Å². The van der Waals surface area contributed by atoms with Crippen LogP contribution in [0.1, 0.15) is 44.7 Å². The van der Waals surface area contributed by atoms with Gasteiger partial charge in [-0.15, -0.1) is 0 Å². The first-order chi connectivity index (χ1) is 10.6. The van der Waals surface area contributed by atoms with E-state index in [0.29, 0.717) is 11.5 Å².